The first-order chi connectivity index (χ1) is 8.12. The molecule has 0 spiro atoms. The number of nitrogens with one attached hydrogen (secondary N) is 1. The summed E-state index contributed by atoms with van der Waals surface area (Å²) < 4.78 is 48.8. The van der Waals surface area contributed by atoms with E-state index in [1.165, 1.54) is 5.32 Å². The van der Waals surface area contributed by atoms with Gasteiger partial charge in [-0.05, 0) is 28.1 Å². The lowest BCUT2D eigenvalue weighted by Crippen LogP contribution is -2.30. The van der Waals surface area contributed by atoms with Crippen molar-refractivity contribution in [2.75, 3.05) is 5.32 Å². The van der Waals surface area contributed by atoms with E-state index >= 15 is 0 Å². The van der Waals surface area contributed by atoms with Gasteiger partial charge in [0.25, 0.3) is 0 Å². The summed E-state index contributed by atoms with van der Waals surface area (Å²) in [5, 5.41) is 10.0. The third-order valence-electron chi connectivity index (χ3n) is 1.77. The van der Waals surface area contributed by atoms with Crippen LogP contribution in [0.25, 0.3) is 0 Å². The molecule has 0 aliphatic carbocycles. The first kappa shape index (κ1) is 14.4. The van der Waals surface area contributed by atoms with Gasteiger partial charge in [-0.2, -0.15) is 13.2 Å². The minimum absolute atomic E-state index is 0.285. The van der Waals surface area contributed by atoms with Crippen LogP contribution in [0.2, 0.25) is 0 Å². The molecule has 0 fully saturated rings. The van der Waals surface area contributed by atoms with Gasteiger partial charge in [-0.1, -0.05) is 0 Å². The predicted molar refractivity (Wildman–Crippen MR) is 55.7 cm³/mol. The SMILES string of the molecule is O=C(O)c1c(F)cc(NC(=O)C(F)(F)F)cc1Br. The van der Waals surface area contributed by atoms with Crippen molar-refractivity contribution < 1.29 is 32.3 Å². The second kappa shape index (κ2) is 4.92. The average Bonchev–Trinajstić information content (AvgIpc) is 2.13. The Morgan fingerprint density at radius 3 is 2.22 bits per heavy atom. The van der Waals surface area contributed by atoms with E-state index < -0.39 is 35.1 Å². The van der Waals surface area contributed by atoms with E-state index in [9.17, 15) is 27.2 Å². The zero-order valence-electron chi connectivity index (χ0n) is 8.31. The predicted octanol–water partition coefficient (Wildman–Crippen LogP) is 2.79. The minimum atomic E-state index is -5.12. The number of hydrogen-bond acceptors (Lipinski definition) is 2. The van der Waals surface area contributed by atoms with Crippen LogP contribution in [0.4, 0.5) is 23.2 Å². The topological polar surface area (TPSA) is 66.4 Å². The zero-order chi connectivity index (χ0) is 14.1. The molecule has 1 rings (SSSR count). The molecule has 0 aliphatic heterocycles. The van der Waals surface area contributed by atoms with E-state index in [4.69, 9.17) is 5.11 Å². The van der Waals surface area contributed by atoms with Crippen LogP contribution in [0.5, 0.6) is 0 Å². The molecule has 0 aliphatic rings. The van der Waals surface area contributed by atoms with Gasteiger partial charge in [0.05, 0.1) is 0 Å². The molecule has 2 N–H and O–H groups in total. The van der Waals surface area contributed by atoms with Gasteiger partial charge in [0.15, 0.2) is 0 Å². The third-order valence-corrected chi connectivity index (χ3v) is 2.40. The summed E-state index contributed by atoms with van der Waals surface area (Å²) >= 11 is 2.69. The van der Waals surface area contributed by atoms with Gasteiger partial charge in [-0.25, -0.2) is 9.18 Å². The maximum atomic E-state index is 13.3. The maximum Gasteiger partial charge on any atom is 0.471 e. The van der Waals surface area contributed by atoms with E-state index in [-0.39, 0.29) is 4.47 Å². The highest BCUT2D eigenvalue weighted by atomic mass is 79.9. The number of carboxylic acid groups (broad SMARTS) is 1. The molecule has 1 amide bonds. The number of hydrogen-bond donors (Lipinski definition) is 2. The smallest absolute Gasteiger partial charge is 0.471 e. The fraction of sp³-hybridized carbons (Fsp3) is 0.111. The molecule has 0 aromatic heterocycles. The number of aromatic carboxylic acids is 1. The lowest BCUT2D eigenvalue weighted by molar-refractivity contribution is -0.167. The number of anilines is 1. The summed E-state index contributed by atoms with van der Waals surface area (Å²) in [6.45, 7) is 0. The van der Waals surface area contributed by atoms with Crippen molar-refractivity contribution in [1.82, 2.24) is 0 Å². The molecule has 0 saturated heterocycles. The standard InChI is InChI=1S/C9H4BrF4NO3/c10-4-1-3(15-8(18)9(12,13)14)2-5(11)6(4)7(16)17/h1-2H,(H,15,18)(H,16,17). The Morgan fingerprint density at radius 1 is 1.28 bits per heavy atom. The molecule has 0 atom stereocenters. The van der Waals surface area contributed by atoms with Crippen LogP contribution in [0, 0.1) is 5.82 Å². The number of rotatable bonds is 2. The van der Waals surface area contributed by atoms with E-state index in [0.29, 0.717) is 6.07 Å². The molecule has 4 nitrogen and oxygen atoms in total. The first-order valence-corrected chi connectivity index (χ1v) is 5.02. The number of carboxylic acids is 1. The van der Waals surface area contributed by atoms with Gasteiger partial charge in [0.1, 0.15) is 11.4 Å². The van der Waals surface area contributed by atoms with Crippen LogP contribution in [-0.4, -0.2) is 23.2 Å². The molecule has 1 aromatic rings. The highest BCUT2D eigenvalue weighted by Gasteiger charge is 2.38. The van der Waals surface area contributed by atoms with Crippen molar-refractivity contribution in [3.63, 3.8) is 0 Å². The van der Waals surface area contributed by atoms with Crippen LogP contribution in [0.15, 0.2) is 16.6 Å². The van der Waals surface area contributed by atoms with Crippen molar-refractivity contribution in [2.24, 2.45) is 0 Å². The highest BCUT2D eigenvalue weighted by molar-refractivity contribution is 9.10. The number of carbonyl (C=O) groups is 2. The quantitative estimate of drug-likeness (QED) is 0.820. The number of benzene rings is 1. The molecule has 1 aromatic carbocycles. The van der Waals surface area contributed by atoms with Crippen LogP contribution in [0.3, 0.4) is 0 Å². The normalized spacial score (nSPS) is 11.2. The lowest BCUT2D eigenvalue weighted by atomic mass is 10.2. The Hall–Kier alpha value is -1.64. The minimum Gasteiger partial charge on any atom is -0.478 e. The number of alkyl halides is 3. The van der Waals surface area contributed by atoms with Crippen LogP contribution in [-0.2, 0) is 4.79 Å². The first-order valence-electron chi connectivity index (χ1n) is 4.23. The maximum absolute atomic E-state index is 13.3. The molecule has 0 unspecified atom stereocenters. The fourth-order valence-corrected chi connectivity index (χ4v) is 1.66. The summed E-state index contributed by atoms with van der Waals surface area (Å²) in [4.78, 5) is 21.2. The molecule has 0 heterocycles. The van der Waals surface area contributed by atoms with Crippen molar-refractivity contribution in [3.8, 4) is 0 Å². The van der Waals surface area contributed by atoms with Gasteiger partial charge < -0.3 is 10.4 Å². The van der Waals surface area contributed by atoms with E-state index in [2.05, 4.69) is 15.9 Å². The summed E-state index contributed by atoms with van der Waals surface area (Å²) in [7, 11) is 0. The Bertz CT molecular complexity index is 492. The molecular weight excluding hydrogens is 326 g/mol. The van der Waals surface area contributed by atoms with Crippen LogP contribution in [0.1, 0.15) is 10.4 Å². The summed E-state index contributed by atoms with van der Waals surface area (Å²) in [5.74, 6) is -5.14. The Balaban J connectivity index is 3.08. The second-order valence-electron chi connectivity index (χ2n) is 3.07. The average molecular weight is 330 g/mol. The Kier molecular flexibility index (Phi) is 3.95. The van der Waals surface area contributed by atoms with Gasteiger partial charge in [-0.15, -0.1) is 0 Å². The lowest BCUT2D eigenvalue weighted by Gasteiger charge is -2.09. The zero-order valence-corrected chi connectivity index (χ0v) is 9.89. The van der Waals surface area contributed by atoms with E-state index in [0.717, 1.165) is 6.07 Å². The number of carbonyl (C=O) groups excluding carboxylic acids is 1. The molecule has 0 saturated carbocycles. The molecule has 18 heavy (non-hydrogen) atoms. The molecule has 0 bridgehead atoms. The third kappa shape index (κ3) is 3.19. The van der Waals surface area contributed by atoms with Crippen LogP contribution < -0.4 is 5.32 Å². The van der Waals surface area contributed by atoms with Gasteiger partial charge in [0.2, 0.25) is 0 Å². The second-order valence-corrected chi connectivity index (χ2v) is 3.93. The van der Waals surface area contributed by atoms with Gasteiger partial charge >= 0.3 is 18.1 Å². The van der Waals surface area contributed by atoms with E-state index in [1.54, 1.807) is 0 Å². The Labute approximate surface area is 106 Å². The summed E-state index contributed by atoms with van der Waals surface area (Å²) in [6.07, 6.45) is -5.12. The summed E-state index contributed by atoms with van der Waals surface area (Å²) in [5.41, 5.74) is -1.24. The Morgan fingerprint density at radius 2 is 1.83 bits per heavy atom. The molecule has 9 heteroatoms. The largest absolute Gasteiger partial charge is 0.478 e. The van der Waals surface area contributed by atoms with Crippen LogP contribution >= 0.6 is 15.9 Å². The molecule has 98 valence electrons. The molecular formula is C9H4BrF4NO3. The van der Waals surface area contributed by atoms with Gasteiger partial charge in [-0.3, -0.25) is 4.79 Å². The number of halogens is 5. The molecule has 0 radical (unpaired) electrons. The van der Waals surface area contributed by atoms with Crippen molar-refractivity contribution in [3.05, 3.63) is 28.0 Å². The van der Waals surface area contributed by atoms with Crippen molar-refractivity contribution in [2.45, 2.75) is 6.18 Å². The highest BCUT2D eigenvalue weighted by Crippen LogP contribution is 2.26. The number of amides is 1. The fourth-order valence-electron chi connectivity index (χ4n) is 1.05. The van der Waals surface area contributed by atoms with Crippen molar-refractivity contribution >= 4 is 33.5 Å². The monoisotopic (exact) mass is 329 g/mol. The van der Waals surface area contributed by atoms with Crippen molar-refractivity contribution in [1.29, 1.82) is 0 Å². The van der Waals surface area contributed by atoms with E-state index in [1.807, 2.05) is 0 Å². The summed E-state index contributed by atoms with van der Waals surface area (Å²) in [6, 6.07) is 1.34. The van der Waals surface area contributed by atoms with Gasteiger partial charge in [0, 0.05) is 10.2 Å².